The Kier molecular flexibility index (Phi) is 7.06. The molecule has 0 aromatic heterocycles. The van der Waals surface area contributed by atoms with Gasteiger partial charge in [0.1, 0.15) is 13.2 Å². The van der Waals surface area contributed by atoms with Gasteiger partial charge in [0, 0.05) is 0 Å². The average Bonchev–Trinajstić information content (AvgIpc) is 3.21. The number of amides is 4. The van der Waals surface area contributed by atoms with Gasteiger partial charge in [-0.3, -0.25) is 9.59 Å². The summed E-state index contributed by atoms with van der Waals surface area (Å²) in [5, 5.41) is 0. The molecule has 2 aliphatic rings. The molecule has 0 N–H and O–H groups in total. The van der Waals surface area contributed by atoms with Gasteiger partial charge >= 0.3 is 12.2 Å². The Balaban J connectivity index is 2.29. The third-order valence-electron chi connectivity index (χ3n) is 5.83. The normalized spacial score (nSPS) is 24.6. The summed E-state index contributed by atoms with van der Waals surface area (Å²) in [5.41, 5.74) is 0. The van der Waals surface area contributed by atoms with Crippen molar-refractivity contribution in [2.45, 2.75) is 66.5 Å². The zero-order valence-corrected chi connectivity index (χ0v) is 17.6. The van der Waals surface area contributed by atoms with E-state index in [1.165, 1.54) is 0 Å². The van der Waals surface area contributed by atoms with Crippen LogP contribution in [0.25, 0.3) is 0 Å². The molecule has 2 aliphatic heterocycles. The van der Waals surface area contributed by atoms with Gasteiger partial charge in [-0.2, -0.15) is 0 Å². The highest BCUT2D eigenvalue weighted by Gasteiger charge is 2.48. The summed E-state index contributed by atoms with van der Waals surface area (Å²) in [6, 6.07) is -0.691. The van der Waals surface area contributed by atoms with E-state index >= 15 is 0 Å². The van der Waals surface area contributed by atoms with E-state index in [-0.39, 0.29) is 37.1 Å². The predicted octanol–water partition coefficient (Wildman–Crippen LogP) is 3.05. The van der Waals surface area contributed by atoms with Crippen molar-refractivity contribution in [3.63, 3.8) is 0 Å². The van der Waals surface area contributed by atoms with E-state index < -0.39 is 35.8 Å². The first-order valence-electron chi connectivity index (χ1n) is 10.1. The largest absolute Gasteiger partial charge is 0.447 e. The molecule has 4 amide bonds. The van der Waals surface area contributed by atoms with Crippen molar-refractivity contribution in [3.8, 4) is 0 Å². The molecule has 0 spiro atoms. The first-order valence-corrected chi connectivity index (χ1v) is 10.1. The van der Waals surface area contributed by atoms with E-state index in [0.29, 0.717) is 12.8 Å². The van der Waals surface area contributed by atoms with Gasteiger partial charge in [0.25, 0.3) is 0 Å². The molecule has 8 heteroatoms. The van der Waals surface area contributed by atoms with Crippen LogP contribution in [0.5, 0.6) is 0 Å². The van der Waals surface area contributed by atoms with Crippen LogP contribution in [0.1, 0.15) is 54.4 Å². The fraction of sp³-hybridized carbons (Fsp3) is 0.800. The number of cyclic esters (lactones) is 2. The lowest BCUT2D eigenvalue weighted by molar-refractivity contribution is -0.145. The van der Waals surface area contributed by atoms with Crippen LogP contribution in [0.3, 0.4) is 0 Å². The predicted molar refractivity (Wildman–Crippen MR) is 101 cm³/mol. The summed E-state index contributed by atoms with van der Waals surface area (Å²) in [7, 11) is 0. The van der Waals surface area contributed by atoms with Gasteiger partial charge in [-0.25, -0.2) is 19.4 Å². The summed E-state index contributed by atoms with van der Waals surface area (Å²) in [5.74, 6) is -2.13. The quantitative estimate of drug-likeness (QED) is 0.657. The average molecular weight is 396 g/mol. The Hall–Kier alpha value is -2.12. The van der Waals surface area contributed by atoms with Gasteiger partial charge in [0.2, 0.25) is 11.8 Å². The number of nitrogens with zero attached hydrogens (tertiary/aromatic N) is 2. The van der Waals surface area contributed by atoms with Gasteiger partial charge in [0.15, 0.2) is 0 Å². The minimum atomic E-state index is -0.703. The molecule has 0 radical (unpaired) electrons. The maximum atomic E-state index is 13.3. The zero-order chi connectivity index (χ0) is 21.2. The summed E-state index contributed by atoms with van der Waals surface area (Å²) in [6.45, 7) is 11.6. The second kappa shape index (κ2) is 8.92. The molecule has 0 saturated carbocycles. The standard InChI is InChI=1S/C20H32N2O6/c1-7-13(17(23)21-15(11(3)4)9-27-19(21)25)14(8-2)18(24)22-16(12(5)6)10-28-20(22)26/h11-16H,7-10H2,1-6H3/t13-,14-,15-,16-/m1/s1. The van der Waals surface area contributed by atoms with E-state index in [9.17, 15) is 19.2 Å². The van der Waals surface area contributed by atoms with Crippen LogP contribution in [0.4, 0.5) is 9.59 Å². The van der Waals surface area contributed by atoms with E-state index in [1.54, 1.807) is 0 Å². The van der Waals surface area contributed by atoms with Crippen molar-refractivity contribution in [2.75, 3.05) is 13.2 Å². The van der Waals surface area contributed by atoms with E-state index in [4.69, 9.17) is 9.47 Å². The Morgan fingerprint density at radius 3 is 1.39 bits per heavy atom. The molecule has 2 saturated heterocycles. The number of carbonyl (C=O) groups excluding carboxylic acids is 4. The van der Waals surface area contributed by atoms with E-state index in [2.05, 4.69) is 0 Å². The third kappa shape index (κ3) is 4.00. The van der Waals surface area contributed by atoms with Crippen molar-refractivity contribution in [2.24, 2.45) is 23.7 Å². The van der Waals surface area contributed by atoms with Crippen LogP contribution >= 0.6 is 0 Å². The molecule has 0 aliphatic carbocycles. The maximum Gasteiger partial charge on any atom is 0.416 e. The molecule has 0 bridgehead atoms. The van der Waals surface area contributed by atoms with Crippen molar-refractivity contribution in [3.05, 3.63) is 0 Å². The molecule has 2 fully saturated rings. The lowest BCUT2D eigenvalue weighted by Crippen LogP contribution is -2.51. The van der Waals surface area contributed by atoms with Crippen LogP contribution in [0.15, 0.2) is 0 Å². The van der Waals surface area contributed by atoms with Crippen molar-refractivity contribution in [1.82, 2.24) is 9.80 Å². The summed E-state index contributed by atoms with van der Waals surface area (Å²) in [6.07, 6.45) is -0.560. The molecule has 0 unspecified atom stereocenters. The van der Waals surface area contributed by atoms with Crippen molar-refractivity contribution in [1.29, 1.82) is 0 Å². The van der Waals surface area contributed by atoms with Gasteiger partial charge < -0.3 is 9.47 Å². The molecule has 0 aromatic carbocycles. The summed E-state index contributed by atoms with van der Waals surface area (Å²) >= 11 is 0. The first kappa shape index (κ1) is 22.2. The smallest absolute Gasteiger partial charge is 0.416 e. The number of imide groups is 2. The molecule has 4 atom stereocenters. The van der Waals surface area contributed by atoms with E-state index in [1.807, 2.05) is 41.5 Å². The lowest BCUT2D eigenvalue weighted by atomic mass is 9.84. The van der Waals surface area contributed by atoms with Gasteiger partial charge in [0.05, 0.1) is 23.9 Å². The zero-order valence-electron chi connectivity index (χ0n) is 17.6. The van der Waals surface area contributed by atoms with Crippen molar-refractivity contribution >= 4 is 24.0 Å². The molecule has 2 rings (SSSR count). The monoisotopic (exact) mass is 396 g/mol. The van der Waals surface area contributed by atoms with Gasteiger partial charge in [-0.1, -0.05) is 41.5 Å². The van der Waals surface area contributed by atoms with Crippen LogP contribution in [-0.4, -0.2) is 59.1 Å². The minimum absolute atomic E-state index is 0.0440. The van der Waals surface area contributed by atoms with Crippen LogP contribution in [-0.2, 0) is 19.1 Å². The van der Waals surface area contributed by atoms with Crippen LogP contribution in [0.2, 0.25) is 0 Å². The second-order valence-corrected chi connectivity index (χ2v) is 8.22. The van der Waals surface area contributed by atoms with Crippen LogP contribution in [0, 0.1) is 23.7 Å². The molecule has 158 valence electrons. The molecular weight excluding hydrogens is 364 g/mol. The lowest BCUT2D eigenvalue weighted by Gasteiger charge is -2.32. The third-order valence-corrected chi connectivity index (χ3v) is 5.83. The number of hydrogen-bond donors (Lipinski definition) is 0. The van der Waals surface area contributed by atoms with Gasteiger partial charge in [-0.15, -0.1) is 0 Å². The summed E-state index contributed by atoms with van der Waals surface area (Å²) in [4.78, 5) is 53.2. The maximum absolute atomic E-state index is 13.3. The highest BCUT2D eigenvalue weighted by molar-refractivity contribution is 6.00. The molecular formula is C20H32N2O6. The minimum Gasteiger partial charge on any atom is -0.447 e. The Morgan fingerprint density at radius 2 is 1.14 bits per heavy atom. The number of carbonyl (C=O) groups is 4. The number of rotatable bonds is 7. The highest BCUT2D eigenvalue weighted by Crippen LogP contribution is 2.31. The SMILES string of the molecule is CC[C@@H](C(=O)N1C(=O)OC[C@@H]1C(C)C)[C@@H](CC)C(=O)N1C(=O)OC[C@@H]1C(C)C. The topological polar surface area (TPSA) is 93.2 Å². The number of ether oxygens (including phenoxy) is 2. The molecule has 28 heavy (non-hydrogen) atoms. The highest BCUT2D eigenvalue weighted by atomic mass is 16.6. The molecule has 8 nitrogen and oxygen atoms in total. The Labute approximate surface area is 166 Å². The Bertz CT molecular complexity index is 578. The van der Waals surface area contributed by atoms with Crippen LogP contribution < -0.4 is 0 Å². The second-order valence-electron chi connectivity index (χ2n) is 8.22. The summed E-state index contributed by atoms with van der Waals surface area (Å²) < 4.78 is 10.2. The van der Waals surface area contributed by atoms with Gasteiger partial charge in [-0.05, 0) is 24.7 Å². The molecule has 0 aromatic rings. The fourth-order valence-electron chi connectivity index (χ4n) is 3.98. The first-order chi connectivity index (χ1) is 13.1. The van der Waals surface area contributed by atoms with Crippen molar-refractivity contribution < 1.29 is 28.7 Å². The fourth-order valence-corrected chi connectivity index (χ4v) is 3.98. The van der Waals surface area contributed by atoms with E-state index in [0.717, 1.165) is 9.80 Å². The number of hydrogen-bond acceptors (Lipinski definition) is 6. The molecule has 2 heterocycles. The Morgan fingerprint density at radius 1 is 0.821 bits per heavy atom.